The minimum absolute atomic E-state index is 0.0496. The van der Waals surface area contributed by atoms with Crippen LogP contribution in [0.3, 0.4) is 0 Å². The van der Waals surface area contributed by atoms with Gasteiger partial charge in [-0.25, -0.2) is 4.98 Å². The Bertz CT molecular complexity index is 567. The van der Waals surface area contributed by atoms with Crippen molar-refractivity contribution in [2.45, 2.75) is 13.3 Å². The van der Waals surface area contributed by atoms with Crippen LogP contribution in [0.25, 0.3) is 0 Å². The number of thiophene rings is 1. The van der Waals surface area contributed by atoms with Gasteiger partial charge in [-0.2, -0.15) is 0 Å². The van der Waals surface area contributed by atoms with Crippen LogP contribution in [0.5, 0.6) is 5.88 Å². The minimum Gasteiger partial charge on any atom is -0.477 e. The normalized spacial score (nSPS) is 11.5. The van der Waals surface area contributed by atoms with E-state index in [1.54, 1.807) is 23.5 Å². The lowest BCUT2D eigenvalue weighted by Crippen LogP contribution is -2.14. The van der Waals surface area contributed by atoms with Crippen LogP contribution in [0.2, 0.25) is 0 Å². The summed E-state index contributed by atoms with van der Waals surface area (Å²) >= 11 is 1.70. The zero-order valence-electron chi connectivity index (χ0n) is 10.5. The van der Waals surface area contributed by atoms with E-state index in [1.165, 1.54) is 4.88 Å². The van der Waals surface area contributed by atoms with Gasteiger partial charge in [0.2, 0.25) is 5.88 Å². The molecule has 100 valence electrons. The summed E-state index contributed by atoms with van der Waals surface area (Å²) in [6, 6.07) is 7.48. The predicted octanol–water partition coefficient (Wildman–Crippen LogP) is 2.17. The third kappa shape index (κ3) is 3.69. The molecule has 2 aromatic rings. The lowest BCUT2D eigenvalue weighted by atomic mass is 10.2. The molecule has 6 heteroatoms. The molecule has 3 N–H and O–H groups in total. The van der Waals surface area contributed by atoms with Crippen molar-refractivity contribution < 1.29 is 9.94 Å². The van der Waals surface area contributed by atoms with Crippen LogP contribution in [0.4, 0.5) is 0 Å². The molecule has 5 nitrogen and oxygen atoms in total. The molecule has 19 heavy (non-hydrogen) atoms. The molecule has 2 heterocycles. The Morgan fingerprint density at radius 2 is 2.37 bits per heavy atom. The fourth-order valence-electron chi connectivity index (χ4n) is 1.63. The van der Waals surface area contributed by atoms with Gasteiger partial charge in [-0.3, -0.25) is 0 Å². The van der Waals surface area contributed by atoms with Crippen LogP contribution in [0.1, 0.15) is 16.1 Å². The van der Waals surface area contributed by atoms with Crippen LogP contribution in [-0.2, 0) is 6.42 Å². The topological polar surface area (TPSA) is 80.7 Å². The number of pyridine rings is 1. The van der Waals surface area contributed by atoms with Gasteiger partial charge in [0, 0.05) is 28.6 Å². The first-order valence-corrected chi connectivity index (χ1v) is 6.69. The van der Waals surface area contributed by atoms with Crippen molar-refractivity contribution in [3.8, 4) is 5.88 Å². The lowest BCUT2D eigenvalue weighted by Gasteiger charge is -2.07. The van der Waals surface area contributed by atoms with Crippen LogP contribution in [0.15, 0.2) is 34.8 Å². The second kappa shape index (κ2) is 6.19. The molecule has 0 amide bonds. The zero-order valence-corrected chi connectivity index (χ0v) is 11.4. The monoisotopic (exact) mass is 277 g/mol. The maximum absolute atomic E-state index is 8.67. The third-order valence-electron chi connectivity index (χ3n) is 2.51. The molecular weight excluding hydrogens is 262 g/mol. The van der Waals surface area contributed by atoms with Crippen molar-refractivity contribution in [1.82, 2.24) is 4.98 Å². The molecule has 0 radical (unpaired) electrons. The van der Waals surface area contributed by atoms with Gasteiger partial charge in [-0.1, -0.05) is 11.2 Å². The van der Waals surface area contributed by atoms with Crippen molar-refractivity contribution in [2.24, 2.45) is 10.9 Å². The van der Waals surface area contributed by atoms with Gasteiger partial charge >= 0.3 is 0 Å². The molecule has 0 aliphatic rings. The van der Waals surface area contributed by atoms with Crippen LogP contribution >= 0.6 is 11.3 Å². The maximum atomic E-state index is 8.67. The van der Waals surface area contributed by atoms with Gasteiger partial charge in [-0.15, -0.1) is 11.3 Å². The Morgan fingerprint density at radius 3 is 3.05 bits per heavy atom. The second-order valence-electron chi connectivity index (χ2n) is 4.00. The highest BCUT2D eigenvalue weighted by molar-refractivity contribution is 7.09. The molecule has 0 fully saturated rings. The largest absolute Gasteiger partial charge is 0.477 e. The van der Waals surface area contributed by atoms with E-state index < -0.39 is 0 Å². The van der Waals surface area contributed by atoms with Crippen molar-refractivity contribution in [3.63, 3.8) is 0 Å². The summed E-state index contributed by atoms with van der Waals surface area (Å²) in [7, 11) is 0. The van der Waals surface area contributed by atoms with Crippen molar-refractivity contribution >= 4 is 17.2 Å². The third-order valence-corrected chi connectivity index (χ3v) is 3.45. The molecule has 0 unspecified atom stereocenters. The molecule has 0 aliphatic heterocycles. The molecule has 0 atom stereocenters. The van der Waals surface area contributed by atoms with E-state index in [2.05, 4.69) is 16.2 Å². The molecule has 0 aromatic carbocycles. The van der Waals surface area contributed by atoms with E-state index in [0.29, 0.717) is 18.1 Å². The highest BCUT2D eigenvalue weighted by Gasteiger charge is 2.05. The quantitative estimate of drug-likeness (QED) is 0.380. The average molecular weight is 277 g/mol. The highest BCUT2D eigenvalue weighted by Crippen LogP contribution is 2.14. The number of nitrogens with two attached hydrogens (primary N) is 1. The predicted molar refractivity (Wildman–Crippen MR) is 75.0 cm³/mol. The fourth-order valence-corrected chi connectivity index (χ4v) is 2.32. The van der Waals surface area contributed by atoms with Crippen molar-refractivity contribution in [1.29, 1.82) is 0 Å². The number of ether oxygens (including phenoxy) is 1. The lowest BCUT2D eigenvalue weighted by molar-refractivity contribution is 0.309. The number of hydrogen-bond acceptors (Lipinski definition) is 5. The summed E-state index contributed by atoms with van der Waals surface area (Å²) in [5.41, 5.74) is 6.91. The summed E-state index contributed by atoms with van der Waals surface area (Å²) in [4.78, 5) is 5.53. The van der Waals surface area contributed by atoms with Gasteiger partial charge < -0.3 is 15.7 Å². The SMILES string of the molecule is Cc1cc(/C(N)=N/O)cc(OCCc2cccs2)n1. The maximum Gasteiger partial charge on any atom is 0.214 e. The smallest absolute Gasteiger partial charge is 0.214 e. The Kier molecular flexibility index (Phi) is 4.35. The fraction of sp³-hybridized carbons (Fsp3) is 0.231. The van der Waals surface area contributed by atoms with E-state index in [1.807, 2.05) is 18.4 Å². The van der Waals surface area contributed by atoms with Gasteiger partial charge in [0.05, 0.1) is 6.61 Å². The first kappa shape index (κ1) is 13.4. The first-order valence-electron chi connectivity index (χ1n) is 5.81. The summed E-state index contributed by atoms with van der Waals surface area (Å²) in [5, 5.41) is 13.7. The molecule has 0 saturated heterocycles. The number of hydrogen-bond donors (Lipinski definition) is 2. The van der Waals surface area contributed by atoms with Crippen molar-refractivity contribution in [3.05, 3.63) is 45.8 Å². The number of oxime groups is 1. The van der Waals surface area contributed by atoms with Gasteiger partial charge in [0.25, 0.3) is 0 Å². The Morgan fingerprint density at radius 1 is 1.53 bits per heavy atom. The second-order valence-corrected chi connectivity index (χ2v) is 5.03. The first-order chi connectivity index (χ1) is 9.19. The van der Waals surface area contributed by atoms with Gasteiger partial charge in [0.1, 0.15) is 0 Å². The Balaban J connectivity index is 2.02. The van der Waals surface area contributed by atoms with E-state index in [-0.39, 0.29) is 5.84 Å². The number of nitrogens with zero attached hydrogens (tertiary/aromatic N) is 2. The number of aromatic nitrogens is 1. The standard InChI is InChI=1S/C13H15N3O2S/c1-9-7-10(13(14)16-17)8-12(15-9)18-5-4-11-3-2-6-19-11/h2-3,6-8,17H,4-5H2,1H3,(H2,14,16). The van der Waals surface area contributed by atoms with E-state index in [0.717, 1.165) is 12.1 Å². The molecule has 0 aliphatic carbocycles. The van der Waals surface area contributed by atoms with E-state index >= 15 is 0 Å². The number of aryl methyl sites for hydroxylation is 1. The Labute approximate surface area is 115 Å². The number of rotatable bonds is 5. The highest BCUT2D eigenvalue weighted by atomic mass is 32.1. The Hall–Kier alpha value is -2.08. The van der Waals surface area contributed by atoms with Crippen LogP contribution in [0, 0.1) is 6.92 Å². The van der Waals surface area contributed by atoms with Gasteiger partial charge in [-0.05, 0) is 24.4 Å². The van der Waals surface area contributed by atoms with E-state index in [4.69, 9.17) is 15.7 Å². The molecular formula is C13H15N3O2S. The summed E-state index contributed by atoms with van der Waals surface area (Å²) in [6.45, 7) is 2.38. The van der Waals surface area contributed by atoms with Crippen molar-refractivity contribution in [2.75, 3.05) is 6.61 Å². The molecule has 2 rings (SSSR count). The number of amidine groups is 1. The molecule has 0 bridgehead atoms. The van der Waals surface area contributed by atoms with Gasteiger partial charge in [0.15, 0.2) is 5.84 Å². The summed E-state index contributed by atoms with van der Waals surface area (Å²) < 4.78 is 5.60. The van der Waals surface area contributed by atoms with Crippen LogP contribution in [-0.4, -0.2) is 22.6 Å². The zero-order chi connectivity index (χ0) is 13.7. The molecule has 0 spiro atoms. The summed E-state index contributed by atoms with van der Waals surface area (Å²) in [6.07, 6.45) is 0.839. The minimum atomic E-state index is 0.0496. The van der Waals surface area contributed by atoms with E-state index in [9.17, 15) is 0 Å². The molecule has 2 aromatic heterocycles. The summed E-state index contributed by atoms with van der Waals surface area (Å²) in [5.74, 6) is 0.534. The average Bonchev–Trinajstić information content (AvgIpc) is 2.90. The molecule has 0 saturated carbocycles. The van der Waals surface area contributed by atoms with Crippen LogP contribution < -0.4 is 10.5 Å².